The van der Waals surface area contributed by atoms with Crippen LogP contribution in [-0.4, -0.2) is 45.3 Å². The molecule has 1 heterocycles. The highest BCUT2D eigenvalue weighted by atomic mass is 79.9. The zero-order valence-corrected chi connectivity index (χ0v) is 17.2. The number of hydrogen-bond acceptors (Lipinski definition) is 4. The fourth-order valence-corrected chi connectivity index (χ4v) is 3.51. The Morgan fingerprint density at radius 3 is 2.22 bits per heavy atom. The van der Waals surface area contributed by atoms with Gasteiger partial charge in [0.05, 0.1) is 14.2 Å². The van der Waals surface area contributed by atoms with Gasteiger partial charge in [0.15, 0.2) is 11.5 Å². The van der Waals surface area contributed by atoms with E-state index in [4.69, 9.17) is 9.47 Å². The molecule has 4 nitrogen and oxygen atoms in total. The first-order valence-corrected chi connectivity index (χ1v) is 8.36. The number of hydrogen-bond donors (Lipinski definition) is 1. The third kappa shape index (κ3) is 5.68. The summed E-state index contributed by atoms with van der Waals surface area (Å²) < 4.78 is 11.9. The highest BCUT2D eigenvalue weighted by molar-refractivity contribution is 9.10. The molecule has 0 aliphatic carbocycles. The lowest BCUT2D eigenvalue weighted by Crippen LogP contribution is -2.45. The smallest absolute Gasteiger partial charge is 0.161 e. The van der Waals surface area contributed by atoms with Gasteiger partial charge in [-0.05, 0) is 24.1 Å². The highest BCUT2D eigenvalue weighted by Crippen LogP contribution is 2.39. The molecule has 1 saturated heterocycles. The Bertz CT molecular complexity index is 472. The molecule has 0 amide bonds. The summed E-state index contributed by atoms with van der Waals surface area (Å²) in [6, 6.07) is 4.55. The van der Waals surface area contributed by atoms with Gasteiger partial charge in [0, 0.05) is 36.7 Å². The number of piperazine rings is 1. The molecule has 0 aromatic heterocycles. The van der Waals surface area contributed by atoms with E-state index in [1.54, 1.807) is 14.2 Å². The first-order chi connectivity index (χ1) is 10.2. The maximum Gasteiger partial charge on any atom is 0.161 e. The van der Waals surface area contributed by atoms with Gasteiger partial charge in [-0.25, -0.2) is 0 Å². The van der Waals surface area contributed by atoms with Gasteiger partial charge >= 0.3 is 0 Å². The van der Waals surface area contributed by atoms with E-state index in [2.05, 4.69) is 39.1 Å². The van der Waals surface area contributed by atoms with Gasteiger partial charge in [0.2, 0.25) is 0 Å². The molecule has 0 radical (unpaired) electrons. The molecule has 0 unspecified atom stereocenters. The zero-order valence-electron chi connectivity index (χ0n) is 13.9. The summed E-state index contributed by atoms with van der Waals surface area (Å²) >= 11 is 3.71. The minimum Gasteiger partial charge on any atom is -0.493 e. The Morgan fingerprint density at radius 1 is 1.13 bits per heavy atom. The minimum absolute atomic E-state index is 0. The molecule has 1 N–H and O–H groups in total. The molecule has 7 heteroatoms. The second-order valence-electron chi connectivity index (χ2n) is 5.32. The monoisotopic (exact) mass is 428 g/mol. The average Bonchev–Trinajstić information content (AvgIpc) is 2.53. The van der Waals surface area contributed by atoms with Gasteiger partial charge in [0.1, 0.15) is 0 Å². The van der Waals surface area contributed by atoms with Crippen LogP contribution in [0.5, 0.6) is 11.5 Å². The van der Waals surface area contributed by atoms with Gasteiger partial charge in [-0.1, -0.05) is 29.3 Å². The van der Waals surface area contributed by atoms with E-state index in [-0.39, 0.29) is 24.8 Å². The van der Waals surface area contributed by atoms with E-state index in [0.29, 0.717) is 6.04 Å². The standard InChI is InChI=1S/C16H25BrN2O2.2ClH/c1-4-5-14(19-8-6-18-7-9-19)12-10-15(20-2)16(21-3)11-13(12)17;;/h10-11,14,18H,4-9H2,1-3H3;2*1H/t14-;;/m0../s1. The third-order valence-electron chi connectivity index (χ3n) is 4.02. The van der Waals surface area contributed by atoms with E-state index in [1.165, 1.54) is 5.56 Å². The second kappa shape index (κ2) is 11.4. The van der Waals surface area contributed by atoms with Gasteiger partial charge < -0.3 is 14.8 Å². The summed E-state index contributed by atoms with van der Waals surface area (Å²) in [7, 11) is 3.36. The fraction of sp³-hybridized carbons (Fsp3) is 0.625. The predicted octanol–water partition coefficient (Wildman–Crippen LogP) is 4.06. The SMILES string of the molecule is CCC[C@@H](c1cc(OC)c(OC)cc1Br)N1CCNCC1.Cl.Cl. The van der Waals surface area contributed by atoms with Crippen molar-refractivity contribution in [3.05, 3.63) is 22.2 Å². The Kier molecular flexibility index (Phi) is 11.3. The molecular weight excluding hydrogens is 403 g/mol. The molecule has 1 aromatic carbocycles. The predicted molar refractivity (Wildman–Crippen MR) is 104 cm³/mol. The molecule has 1 fully saturated rings. The van der Waals surface area contributed by atoms with Crippen molar-refractivity contribution in [1.82, 2.24) is 10.2 Å². The van der Waals surface area contributed by atoms with Crippen molar-refractivity contribution >= 4 is 40.7 Å². The summed E-state index contributed by atoms with van der Waals surface area (Å²) in [4.78, 5) is 2.56. The number of methoxy groups -OCH3 is 2. The van der Waals surface area contributed by atoms with Crippen molar-refractivity contribution < 1.29 is 9.47 Å². The van der Waals surface area contributed by atoms with E-state index >= 15 is 0 Å². The maximum atomic E-state index is 5.47. The number of benzene rings is 1. The summed E-state index contributed by atoms with van der Waals surface area (Å²) in [5, 5.41) is 3.42. The van der Waals surface area contributed by atoms with E-state index in [9.17, 15) is 0 Å². The third-order valence-corrected chi connectivity index (χ3v) is 4.70. The maximum absolute atomic E-state index is 5.47. The summed E-state index contributed by atoms with van der Waals surface area (Å²) in [6.07, 6.45) is 2.31. The zero-order chi connectivity index (χ0) is 15.2. The lowest BCUT2D eigenvalue weighted by atomic mass is 9.99. The first kappa shape index (κ1) is 22.8. The molecule has 0 saturated carbocycles. The van der Waals surface area contributed by atoms with Gasteiger partial charge in [0.25, 0.3) is 0 Å². The van der Waals surface area contributed by atoms with E-state index in [0.717, 1.165) is 55.0 Å². The largest absolute Gasteiger partial charge is 0.493 e. The second-order valence-corrected chi connectivity index (χ2v) is 6.17. The van der Waals surface area contributed by atoms with Crippen LogP contribution >= 0.6 is 40.7 Å². The fourth-order valence-electron chi connectivity index (χ4n) is 2.93. The molecule has 1 aliphatic rings. The Labute approximate surface area is 160 Å². The van der Waals surface area contributed by atoms with Gasteiger partial charge in [-0.3, -0.25) is 4.90 Å². The average molecular weight is 430 g/mol. The first-order valence-electron chi connectivity index (χ1n) is 7.57. The van der Waals surface area contributed by atoms with Crippen LogP contribution in [0, 0.1) is 0 Å². The van der Waals surface area contributed by atoms with Crippen LogP contribution in [0.2, 0.25) is 0 Å². The molecule has 0 spiro atoms. The van der Waals surface area contributed by atoms with E-state index < -0.39 is 0 Å². The van der Waals surface area contributed by atoms with Gasteiger partial charge in [-0.2, -0.15) is 0 Å². The summed E-state index contributed by atoms with van der Waals surface area (Å²) in [5.74, 6) is 1.57. The molecule has 1 aromatic rings. The van der Waals surface area contributed by atoms with Crippen LogP contribution in [0.25, 0.3) is 0 Å². The van der Waals surface area contributed by atoms with Crippen LogP contribution in [0.4, 0.5) is 0 Å². The van der Waals surface area contributed by atoms with Crippen LogP contribution in [0.15, 0.2) is 16.6 Å². The number of ether oxygens (including phenoxy) is 2. The number of nitrogens with zero attached hydrogens (tertiary/aromatic N) is 1. The molecule has 1 aliphatic heterocycles. The van der Waals surface area contributed by atoms with Gasteiger partial charge in [-0.15, -0.1) is 24.8 Å². The number of nitrogens with one attached hydrogen (secondary N) is 1. The summed E-state index contributed by atoms with van der Waals surface area (Å²) in [5.41, 5.74) is 1.29. The lowest BCUT2D eigenvalue weighted by molar-refractivity contribution is 0.164. The molecule has 2 rings (SSSR count). The van der Waals surface area contributed by atoms with Crippen molar-refractivity contribution in [2.75, 3.05) is 40.4 Å². The Hall–Kier alpha value is -0.200. The van der Waals surface area contributed by atoms with Crippen molar-refractivity contribution in [1.29, 1.82) is 0 Å². The van der Waals surface area contributed by atoms with Crippen molar-refractivity contribution in [2.24, 2.45) is 0 Å². The lowest BCUT2D eigenvalue weighted by Gasteiger charge is -2.36. The van der Waals surface area contributed by atoms with Crippen LogP contribution < -0.4 is 14.8 Å². The molecular formula is C16H27BrCl2N2O2. The topological polar surface area (TPSA) is 33.7 Å². The van der Waals surface area contributed by atoms with Crippen LogP contribution in [-0.2, 0) is 0 Å². The number of halogens is 3. The van der Waals surface area contributed by atoms with E-state index in [1.807, 2.05) is 6.07 Å². The molecule has 1 atom stereocenters. The van der Waals surface area contributed by atoms with Crippen molar-refractivity contribution in [2.45, 2.75) is 25.8 Å². The Balaban J connectivity index is 0.00000242. The molecule has 134 valence electrons. The minimum atomic E-state index is 0. The van der Waals surface area contributed by atoms with Crippen LogP contribution in [0.3, 0.4) is 0 Å². The molecule has 0 bridgehead atoms. The molecule has 23 heavy (non-hydrogen) atoms. The normalized spacial score (nSPS) is 16.0. The number of rotatable bonds is 6. The van der Waals surface area contributed by atoms with Crippen molar-refractivity contribution in [3.8, 4) is 11.5 Å². The van der Waals surface area contributed by atoms with Crippen molar-refractivity contribution in [3.63, 3.8) is 0 Å². The van der Waals surface area contributed by atoms with Crippen LogP contribution in [0.1, 0.15) is 31.4 Å². The summed E-state index contributed by atoms with van der Waals surface area (Å²) in [6.45, 7) is 6.54. The quantitative estimate of drug-likeness (QED) is 0.739. The Morgan fingerprint density at radius 2 is 1.70 bits per heavy atom. The highest BCUT2D eigenvalue weighted by Gasteiger charge is 2.24.